The summed E-state index contributed by atoms with van der Waals surface area (Å²) in [7, 11) is 0. The summed E-state index contributed by atoms with van der Waals surface area (Å²) in [5, 5.41) is 0. The molecule has 0 bridgehead atoms. The van der Waals surface area contributed by atoms with Crippen LogP contribution in [-0.4, -0.2) is 4.98 Å². The quantitative estimate of drug-likeness (QED) is 0.826. The SMILES string of the molecule is Nc1ccc(COc2ccccc2)cn1. The molecule has 0 aliphatic rings. The van der Waals surface area contributed by atoms with Gasteiger partial charge in [0.15, 0.2) is 0 Å². The maximum atomic E-state index is 5.55. The minimum Gasteiger partial charge on any atom is -0.489 e. The van der Waals surface area contributed by atoms with Crippen LogP contribution in [-0.2, 0) is 6.61 Å². The van der Waals surface area contributed by atoms with Gasteiger partial charge in [-0.3, -0.25) is 0 Å². The van der Waals surface area contributed by atoms with E-state index in [1.807, 2.05) is 36.4 Å². The molecule has 0 atom stereocenters. The van der Waals surface area contributed by atoms with Crippen LogP contribution in [0.2, 0.25) is 0 Å². The number of pyridine rings is 1. The molecule has 1 aromatic heterocycles. The van der Waals surface area contributed by atoms with Crippen LogP contribution in [0.4, 0.5) is 5.82 Å². The molecule has 2 aromatic rings. The summed E-state index contributed by atoms with van der Waals surface area (Å²) >= 11 is 0. The number of hydrogen-bond acceptors (Lipinski definition) is 3. The smallest absolute Gasteiger partial charge is 0.123 e. The minimum absolute atomic E-state index is 0.511. The Kier molecular flexibility index (Phi) is 2.83. The average molecular weight is 200 g/mol. The fourth-order valence-electron chi connectivity index (χ4n) is 1.20. The van der Waals surface area contributed by atoms with Crippen molar-refractivity contribution in [2.45, 2.75) is 6.61 Å². The molecule has 0 amide bonds. The van der Waals surface area contributed by atoms with E-state index in [2.05, 4.69) is 4.98 Å². The van der Waals surface area contributed by atoms with Crippen LogP contribution in [0.15, 0.2) is 48.7 Å². The van der Waals surface area contributed by atoms with Gasteiger partial charge in [0.25, 0.3) is 0 Å². The minimum atomic E-state index is 0.511. The number of rotatable bonds is 3. The number of nitrogen functional groups attached to an aromatic ring is 1. The molecular weight excluding hydrogens is 188 g/mol. The van der Waals surface area contributed by atoms with E-state index in [4.69, 9.17) is 10.5 Å². The number of benzene rings is 1. The van der Waals surface area contributed by atoms with Crippen molar-refractivity contribution in [3.63, 3.8) is 0 Å². The molecule has 76 valence electrons. The van der Waals surface area contributed by atoms with E-state index < -0.39 is 0 Å². The maximum Gasteiger partial charge on any atom is 0.123 e. The summed E-state index contributed by atoms with van der Waals surface area (Å²) < 4.78 is 5.55. The van der Waals surface area contributed by atoms with Crippen LogP contribution in [0, 0.1) is 0 Å². The fourth-order valence-corrected chi connectivity index (χ4v) is 1.20. The molecular formula is C12H12N2O. The Bertz CT molecular complexity index is 411. The van der Waals surface area contributed by atoms with Crippen molar-refractivity contribution in [3.8, 4) is 5.75 Å². The van der Waals surface area contributed by atoms with Crippen LogP contribution >= 0.6 is 0 Å². The molecule has 0 radical (unpaired) electrons. The highest BCUT2D eigenvalue weighted by Gasteiger charge is 1.95. The van der Waals surface area contributed by atoms with Crippen molar-refractivity contribution >= 4 is 5.82 Å². The van der Waals surface area contributed by atoms with Gasteiger partial charge >= 0.3 is 0 Å². The Morgan fingerprint density at radius 2 is 1.87 bits per heavy atom. The lowest BCUT2D eigenvalue weighted by molar-refractivity contribution is 0.306. The highest BCUT2D eigenvalue weighted by atomic mass is 16.5. The fraction of sp³-hybridized carbons (Fsp3) is 0.0833. The lowest BCUT2D eigenvalue weighted by Crippen LogP contribution is -1.97. The van der Waals surface area contributed by atoms with Crippen LogP contribution in [0.1, 0.15) is 5.56 Å². The topological polar surface area (TPSA) is 48.1 Å². The van der Waals surface area contributed by atoms with Gasteiger partial charge in [0.1, 0.15) is 18.2 Å². The Hall–Kier alpha value is -2.03. The molecule has 0 saturated heterocycles. The van der Waals surface area contributed by atoms with E-state index in [0.717, 1.165) is 11.3 Å². The first-order valence-electron chi connectivity index (χ1n) is 4.73. The van der Waals surface area contributed by atoms with Crippen molar-refractivity contribution in [2.75, 3.05) is 5.73 Å². The Morgan fingerprint density at radius 1 is 1.07 bits per heavy atom. The number of hydrogen-bond donors (Lipinski definition) is 1. The Morgan fingerprint density at radius 3 is 2.53 bits per heavy atom. The van der Waals surface area contributed by atoms with Crippen molar-refractivity contribution in [1.82, 2.24) is 4.98 Å². The van der Waals surface area contributed by atoms with Gasteiger partial charge in [-0.15, -0.1) is 0 Å². The van der Waals surface area contributed by atoms with Crippen molar-refractivity contribution in [3.05, 3.63) is 54.2 Å². The van der Waals surface area contributed by atoms with Gasteiger partial charge in [0.05, 0.1) is 0 Å². The van der Waals surface area contributed by atoms with Crippen LogP contribution < -0.4 is 10.5 Å². The van der Waals surface area contributed by atoms with Gasteiger partial charge in [-0.05, 0) is 18.2 Å². The monoisotopic (exact) mass is 200 g/mol. The van der Waals surface area contributed by atoms with Crippen LogP contribution in [0.3, 0.4) is 0 Å². The zero-order valence-electron chi connectivity index (χ0n) is 8.26. The largest absolute Gasteiger partial charge is 0.489 e. The lowest BCUT2D eigenvalue weighted by Gasteiger charge is -2.05. The van der Waals surface area contributed by atoms with E-state index in [-0.39, 0.29) is 0 Å². The first kappa shape index (κ1) is 9.52. The third-order valence-corrected chi connectivity index (χ3v) is 2.00. The predicted molar refractivity (Wildman–Crippen MR) is 59.4 cm³/mol. The van der Waals surface area contributed by atoms with E-state index in [9.17, 15) is 0 Å². The molecule has 0 fully saturated rings. The zero-order chi connectivity index (χ0) is 10.5. The average Bonchev–Trinajstić information content (AvgIpc) is 2.30. The summed E-state index contributed by atoms with van der Waals surface area (Å²) in [5.74, 6) is 1.38. The summed E-state index contributed by atoms with van der Waals surface area (Å²) in [6.45, 7) is 0.511. The van der Waals surface area contributed by atoms with Gasteiger partial charge in [-0.2, -0.15) is 0 Å². The standard InChI is InChI=1S/C12H12N2O/c13-12-7-6-10(8-14-12)9-15-11-4-2-1-3-5-11/h1-8H,9H2,(H2,13,14). The van der Waals surface area contributed by atoms with Crippen molar-refractivity contribution < 1.29 is 4.74 Å². The van der Waals surface area contributed by atoms with Gasteiger partial charge < -0.3 is 10.5 Å². The summed E-state index contributed by atoms with van der Waals surface area (Å²) in [6.07, 6.45) is 1.72. The van der Waals surface area contributed by atoms with Gasteiger partial charge in [0.2, 0.25) is 0 Å². The third kappa shape index (κ3) is 2.71. The molecule has 2 rings (SSSR count). The molecule has 2 N–H and O–H groups in total. The molecule has 15 heavy (non-hydrogen) atoms. The first-order valence-corrected chi connectivity index (χ1v) is 4.73. The number of ether oxygens (including phenoxy) is 1. The second-order valence-corrected chi connectivity index (χ2v) is 3.19. The second-order valence-electron chi connectivity index (χ2n) is 3.19. The van der Waals surface area contributed by atoms with Crippen molar-refractivity contribution in [2.24, 2.45) is 0 Å². The molecule has 0 unspecified atom stereocenters. The number of nitrogens with two attached hydrogens (primary N) is 1. The number of nitrogens with zero attached hydrogens (tertiary/aromatic N) is 1. The second kappa shape index (κ2) is 4.46. The molecule has 3 nitrogen and oxygen atoms in total. The predicted octanol–water partition coefficient (Wildman–Crippen LogP) is 2.24. The zero-order valence-corrected chi connectivity index (χ0v) is 8.26. The van der Waals surface area contributed by atoms with E-state index >= 15 is 0 Å². The number of anilines is 1. The lowest BCUT2D eigenvalue weighted by atomic mass is 10.3. The number of aromatic nitrogens is 1. The van der Waals surface area contributed by atoms with E-state index in [1.54, 1.807) is 12.3 Å². The first-order chi connectivity index (χ1) is 7.34. The van der Waals surface area contributed by atoms with Gasteiger partial charge in [-0.25, -0.2) is 4.98 Å². The van der Waals surface area contributed by atoms with Gasteiger partial charge in [-0.1, -0.05) is 24.3 Å². The molecule has 0 aliphatic heterocycles. The molecule has 1 aromatic carbocycles. The molecule has 0 saturated carbocycles. The maximum absolute atomic E-state index is 5.55. The van der Waals surface area contributed by atoms with Crippen LogP contribution in [0.25, 0.3) is 0 Å². The highest BCUT2D eigenvalue weighted by molar-refractivity contribution is 5.29. The molecule has 1 heterocycles. The summed E-state index contributed by atoms with van der Waals surface area (Å²) in [5.41, 5.74) is 6.49. The van der Waals surface area contributed by atoms with Crippen molar-refractivity contribution in [1.29, 1.82) is 0 Å². The molecule has 0 spiro atoms. The third-order valence-electron chi connectivity index (χ3n) is 2.00. The van der Waals surface area contributed by atoms with Crippen LogP contribution in [0.5, 0.6) is 5.75 Å². The Labute approximate surface area is 88.5 Å². The van der Waals surface area contributed by atoms with Gasteiger partial charge in [0, 0.05) is 11.8 Å². The summed E-state index contributed by atoms with van der Waals surface area (Å²) in [4.78, 5) is 3.99. The van der Waals surface area contributed by atoms with E-state index in [1.165, 1.54) is 0 Å². The van der Waals surface area contributed by atoms with E-state index in [0.29, 0.717) is 12.4 Å². The summed E-state index contributed by atoms with van der Waals surface area (Å²) in [6, 6.07) is 13.4. The highest BCUT2D eigenvalue weighted by Crippen LogP contribution is 2.11. The normalized spacial score (nSPS) is 9.87. The molecule has 3 heteroatoms. The molecule has 0 aliphatic carbocycles. The number of para-hydroxylation sites is 1. The Balaban J connectivity index is 1.96.